The lowest BCUT2D eigenvalue weighted by Crippen LogP contribution is -2.51. The van der Waals surface area contributed by atoms with Crippen LogP contribution in [-0.4, -0.2) is 31.6 Å². The molecule has 1 saturated heterocycles. The number of hydrogen-bond donors (Lipinski definition) is 3. The molecule has 0 aliphatic carbocycles. The van der Waals surface area contributed by atoms with Crippen LogP contribution in [0.25, 0.3) is 0 Å². The van der Waals surface area contributed by atoms with Gasteiger partial charge in [-0.25, -0.2) is 17.9 Å². The minimum absolute atomic E-state index is 0.0552. The first-order chi connectivity index (χ1) is 12.8. The normalized spacial score (nSPS) is 19.4. The second-order valence-electron chi connectivity index (χ2n) is 6.38. The van der Waals surface area contributed by atoms with E-state index in [9.17, 15) is 18.0 Å². The molecule has 3 amide bonds. The van der Waals surface area contributed by atoms with Gasteiger partial charge in [-0.15, -0.1) is 0 Å². The van der Waals surface area contributed by atoms with Crippen molar-refractivity contribution in [1.82, 2.24) is 15.4 Å². The lowest BCUT2D eigenvalue weighted by molar-refractivity contribution is -0.122. The van der Waals surface area contributed by atoms with Crippen LogP contribution >= 0.6 is 0 Å². The average molecular weight is 389 g/mol. The van der Waals surface area contributed by atoms with Crippen LogP contribution in [-0.2, 0) is 21.4 Å². The molecule has 1 aliphatic heterocycles. The van der Waals surface area contributed by atoms with Gasteiger partial charge in [0.05, 0.1) is 5.75 Å². The molecule has 1 fully saturated rings. The molecule has 27 heavy (non-hydrogen) atoms. The van der Waals surface area contributed by atoms with Crippen LogP contribution in [0.1, 0.15) is 12.5 Å². The van der Waals surface area contributed by atoms with Crippen LogP contribution in [0.15, 0.2) is 54.6 Å². The minimum atomic E-state index is -3.79. The van der Waals surface area contributed by atoms with Crippen molar-refractivity contribution < 1.29 is 22.7 Å². The molecule has 2 aromatic rings. The molecule has 8 nitrogen and oxygen atoms in total. The Morgan fingerprint density at radius 2 is 1.63 bits per heavy atom. The third-order valence-electron chi connectivity index (χ3n) is 3.99. The van der Waals surface area contributed by atoms with E-state index < -0.39 is 33.3 Å². The molecule has 2 aromatic carbocycles. The molecule has 0 spiro atoms. The van der Waals surface area contributed by atoms with E-state index in [1.54, 1.807) is 24.3 Å². The smallest absolute Gasteiger partial charge is 0.322 e. The van der Waals surface area contributed by atoms with E-state index in [-0.39, 0.29) is 6.54 Å². The second kappa shape index (κ2) is 7.37. The molecule has 1 aliphatic rings. The zero-order chi connectivity index (χ0) is 19.5. The topological polar surface area (TPSA) is 114 Å². The maximum Gasteiger partial charge on any atom is 0.322 e. The number of carbonyl (C=O) groups is 2. The van der Waals surface area contributed by atoms with E-state index >= 15 is 0 Å². The largest absolute Gasteiger partial charge is 0.457 e. The van der Waals surface area contributed by atoms with E-state index in [4.69, 9.17) is 4.74 Å². The summed E-state index contributed by atoms with van der Waals surface area (Å²) in [6.45, 7) is 1.42. The third kappa shape index (κ3) is 4.83. The van der Waals surface area contributed by atoms with E-state index in [2.05, 4.69) is 10.0 Å². The number of amides is 3. The van der Waals surface area contributed by atoms with Gasteiger partial charge in [0.25, 0.3) is 5.91 Å². The first kappa shape index (κ1) is 18.9. The Bertz CT molecular complexity index is 945. The third-order valence-corrected chi connectivity index (χ3v) is 5.54. The molecule has 142 valence electrons. The lowest BCUT2D eigenvalue weighted by Gasteiger charge is -2.20. The van der Waals surface area contributed by atoms with Gasteiger partial charge in [0, 0.05) is 6.54 Å². The summed E-state index contributed by atoms with van der Waals surface area (Å²) in [5.74, 6) is 0.120. The van der Waals surface area contributed by atoms with Gasteiger partial charge in [-0.1, -0.05) is 30.3 Å². The van der Waals surface area contributed by atoms with Gasteiger partial charge in [0.15, 0.2) is 0 Å². The number of sulfonamides is 1. The molecule has 0 saturated carbocycles. The maximum atomic E-state index is 12.3. The zero-order valence-electron chi connectivity index (χ0n) is 14.6. The van der Waals surface area contributed by atoms with E-state index in [0.29, 0.717) is 11.5 Å². The van der Waals surface area contributed by atoms with Gasteiger partial charge < -0.3 is 10.1 Å². The van der Waals surface area contributed by atoms with Crippen LogP contribution in [0, 0.1) is 0 Å². The highest BCUT2D eigenvalue weighted by molar-refractivity contribution is 7.89. The van der Waals surface area contributed by atoms with Crippen LogP contribution in [0.3, 0.4) is 0 Å². The van der Waals surface area contributed by atoms with Gasteiger partial charge in [-0.3, -0.25) is 10.1 Å². The Labute approximate surface area is 157 Å². The van der Waals surface area contributed by atoms with Crippen molar-refractivity contribution in [3.8, 4) is 11.5 Å². The quantitative estimate of drug-likeness (QED) is 0.621. The van der Waals surface area contributed by atoms with Crippen LogP contribution in [0.4, 0.5) is 4.79 Å². The molecule has 1 atom stereocenters. The Hall–Kier alpha value is -2.91. The summed E-state index contributed by atoms with van der Waals surface area (Å²) in [5.41, 5.74) is -0.764. The van der Waals surface area contributed by atoms with Gasteiger partial charge in [0.1, 0.15) is 17.0 Å². The number of nitrogens with one attached hydrogen (secondary N) is 3. The molecular formula is C18H19N3O5S. The number of ether oxygens (including phenoxy) is 1. The monoisotopic (exact) mass is 389 g/mol. The highest BCUT2D eigenvalue weighted by atomic mass is 32.2. The SMILES string of the molecule is C[C@]1(CS(=O)(=O)NCc2ccc(Oc3ccccc3)cc2)NC(=O)NC1=O. The first-order valence-corrected chi connectivity index (χ1v) is 9.84. The molecule has 1 heterocycles. The fraction of sp³-hybridized carbons (Fsp3) is 0.222. The number of carbonyl (C=O) groups excluding carboxylic acids is 2. The zero-order valence-corrected chi connectivity index (χ0v) is 15.4. The van der Waals surface area contributed by atoms with Crippen molar-refractivity contribution in [2.75, 3.05) is 5.75 Å². The summed E-state index contributed by atoms with van der Waals surface area (Å²) in [6, 6.07) is 15.6. The molecule has 0 aromatic heterocycles. The standard InChI is InChI=1S/C18H19N3O5S/c1-18(16(22)20-17(23)21-18)12-27(24,25)19-11-13-7-9-15(10-8-13)26-14-5-3-2-4-6-14/h2-10,19H,11-12H2,1H3,(H2,20,21,22,23)/t18-/m1/s1. The molecule has 3 rings (SSSR count). The molecule has 0 unspecified atom stereocenters. The van der Waals surface area contributed by atoms with Crippen molar-refractivity contribution >= 4 is 22.0 Å². The van der Waals surface area contributed by atoms with E-state index in [1.165, 1.54) is 6.92 Å². The van der Waals surface area contributed by atoms with Crippen molar-refractivity contribution in [1.29, 1.82) is 0 Å². The number of hydrogen-bond acceptors (Lipinski definition) is 5. The molecule has 9 heteroatoms. The lowest BCUT2D eigenvalue weighted by atomic mass is 10.1. The second-order valence-corrected chi connectivity index (χ2v) is 8.19. The van der Waals surface area contributed by atoms with Crippen LogP contribution < -0.4 is 20.1 Å². The van der Waals surface area contributed by atoms with Crippen LogP contribution in [0.5, 0.6) is 11.5 Å². The van der Waals surface area contributed by atoms with Gasteiger partial charge in [-0.2, -0.15) is 0 Å². The summed E-state index contributed by atoms with van der Waals surface area (Å²) >= 11 is 0. The first-order valence-electron chi connectivity index (χ1n) is 8.19. The van der Waals surface area contributed by atoms with Crippen molar-refractivity contribution in [2.45, 2.75) is 19.0 Å². The van der Waals surface area contributed by atoms with Crippen molar-refractivity contribution in [3.63, 3.8) is 0 Å². The van der Waals surface area contributed by atoms with Crippen molar-refractivity contribution in [3.05, 3.63) is 60.2 Å². The Kier molecular flexibility index (Phi) is 5.15. The number of rotatable bonds is 7. The molecule has 0 bridgehead atoms. The summed E-state index contributed by atoms with van der Waals surface area (Å²) in [5, 5.41) is 4.36. The number of para-hydroxylation sites is 1. The highest BCUT2D eigenvalue weighted by Gasteiger charge is 2.45. The van der Waals surface area contributed by atoms with E-state index in [1.807, 2.05) is 35.6 Å². The minimum Gasteiger partial charge on any atom is -0.457 e. The summed E-state index contributed by atoms with van der Waals surface area (Å²) in [4.78, 5) is 23.0. The number of urea groups is 1. The molecule has 0 radical (unpaired) electrons. The molecule has 3 N–H and O–H groups in total. The van der Waals surface area contributed by atoms with E-state index in [0.717, 1.165) is 5.56 Å². The van der Waals surface area contributed by atoms with Gasteiger partial charge in [-0.05, 0) is 36.8 Å². The fourth-order valence-corrected chi connectivity index (χ4v) is 4.06. The maximum absolute atomic E-state index is 12.3. The Morgan fingerprint density at radius 3 is 2.22 bits per heavy atom. The van der Waals surface area contributed by atoms with Crippen molar-refractivity contribution in [2.24, 2.45) is 0 Å². The summed E-state index contributed by atoms with van der Waals surface area (Å²) in [7, 11) is -3.79. The number of benzene rings is 2. The average Bonchev–Trinajstić information content (AvgIpc) is 2.86. The Morgan fingerprint density at radius 1 is 1.00 bits per heavy atom. The highest BCUT2D eigenvalue weighted by Crippen LogP contribution is 2.21. The predicted molar refractivity (Wildman–Crippen MR) is 98.7 cm³/mol. The van der Waals surface area contributed by atoms with Gasteiger partial charge in [0.2, 0.25) is 10.0 Å². The number of imide groups is 1. The fourth-order valence-electron chi connectivity index (χ4n) is 2.61. The summed E-state index contributed by atoms with van der Waals surface area (Å²) in [6.07, 6.45) is 0. The summed E-state index contributed by atoms with van der Waals surface area (Å²) < 4.78 is 32.6. The molecular weight excluding hydrogens is 370 g/mol. The predicted octanol–water partition coefficient (Wildman–Crippen LogP) is 1.50. The Balaban J connectivity index is 1.57. The van der Waals surface area contributed by atoms with Crippen LogP contribution in [0.2, 0.25) is 0 Å². The van der Waals surface area contributed by atoms with Gasteiger partial charge >= 0.3 is 6.03 Å².